The number of carbonyl (C=O) groups excluding carboxylic acids is 3. The predicted octanol–water partition coefficient (Wildman–Crippen LogP) is 7.06. The van der Waals surface area contributed by atoms with Gasteiger partial charge >= 0.3 is 5.97 Å². The second kappa shape index (κ2) is 16.7. The third-order valence-electron chi connectivity index (χ3n) is 7.37. The Labute approximate surface area is 268 Å². The zero-order valence-corrected chi connectivity index (χ0v) is 27.6. The van der Waals surface area contributed by atoms with E-state index in [4.69, 9.17) is 9.47 Å². The van der Waals surface area contributed by atoms with Gasteiger partial charge in [-0.25, -0.2) is 0 Å². The maximum atomic E-state index is 13.7. The summed E-state index contributed by atoms with van der Waals surface area (Å²) in [4.78, 5) is 40.0. The first kappa shape index (κ1) is 35.3. The van der Waals surface area contributed by atoms with Crippen molar-refractivity contribution < 1.29 is 23.9 Å². The summed E-state index contributed by atoms with van der Waals surface area (Å²) in [6, 6.07) is 24.8. The fourth-order valence-electron chi connectivity index (χ4n) is 5.11. The minimum atomic E-state index is -0.807. The number of nitrogens with one attached hydrogen (secondary N) is 2. The summed E-state index contributed by atoms with van der Waals surface area (Å²) < 4.78 is 10.9. The first-order chi connectivity index (χ1) is 21.4. The summed E-state index contributed by atoms with van der Waals surface area (Å²) in [6.45, 7) is 11.5. The number of amides is 2. The largest absolute Gasteiger partial charge is 0.460 e. The smallest absolute Gasteiger partial charge is 0.307 e. The van der Waals surface area contributed by atoms with Crippen molar-refractivity contribution in [3.05, 3.63) is 102 Å². The van der Waals surface area contributed by atoms with Gasteiger partial charge in [-0.3, -0.25) is 14.4 Å². The molecule has 0 fully saturated rings. The fraction of sp³-hybridized carbons (Fsp3) is 0.395. The number of allylic oxidation sites excluding steroid dienone is 1. The number of hydrogen-bond acceptors (Lipinski definition) is 5. The van der Waals surface area contributed by atoms with Crippen LogP contribution >= 0.6 is 0 Å². The van der Waals surface area contributed by atoms with Crippen LogP contribution in [0.25, 0.3) is 17.2 Å². The Morgan fingerprint density at radius 3 is 2.09 bits per heavy atom. The Kier molecular flexibility index (Phi) is 13.1. The Morgan fingerprint density at radius 1 is 0.867 bits per heavy atom. The molecule has 7 nitrogen and oxygen atoms in total. The lowest BCUT2D eigenvalue weighted by molar-refractivity contribution is -0.157. The molecule has 7 heteroatoms. The average molecular weight is 613 g/mol. The summed E-state index contributed by atoms with van der Waals surface area (Å²) in [5, 5.41) is 5.97. The van der Waals surface area contributed by atoms with Crippen molar-refractivity contribution in [2.45, 2.75) is 72.1 Å². The first-order valence-electron chi connectivity index (χ1n) is 15.6. The molecule has 0 saturated carbocycles. The van der Waals surface area contributed by atoms with Crippen molar-refractivity contribution in [2.24, 2.45) is 11.8 Å². The Balaban J connectivity index is 1.77. The van der Waals surface area contributed by atoms with Crippen molar-refractivity contribution in [3.63, 3.8) is 0 Å². The SMILES string of the molecule is COCC(NC(=O)[C@@H](NC(=O)[C@H](C/C=C/c1ccc(-c2ccccc2)c(C)c1)CC(=O)OC(C)(C)C)C(C)C)c1ccccc1. The topological polar surface area (TPSA) is 93.7 Å². The van der Waals surface area contributed by atoms with Crippen LogP contribution in [0.5, 0.6) is 0 Å². The van der Waals surface area contributed by atoms with Gasteiger partial charge in [0.15, 0.2) is 0 Å². The molecular weight excluding hydrogens is 564 g/mol. The maximum absolute atomic E-state index is 13.7. The van der Waals surface area contributed by atoms with Gasteiger partial charge in [-0.1, -0.05) is 105 Å². The van der Waals surface area contributed by atoms with Crippen molar-refractivity contribution in [1.29, 1.82) is 0 Å². The van der Waals surface area contributed by atoms with E-state index in [1.165, 1.54) is 0 Å². The number of esters is 1. The molecule has 0 spiro atoms. The molecule has 3 atom stereocenters. The molecule has 0 heterocycles. The number of benzene rings is 3. The van der Waals surface area contributed by atoms with Gasteiger partial charge in [0, 0.05) is 7.11 Å². The number of methoxy groups -OCH3 is 1. The molecular formula is C38H48N2O5. The maximum Gasteiger partial charge on any atom is 0.307 e. The van der Waals surface area contributed by atoms with Crippen molar-refractivity contribution in [1.82, 2.24) is 10.6 Å². The van der Waals surface area contributed by atoms with Gasteiger partial charge in [-0.2, -0.15) is 0 Å². The summed E-state index contributed by atoms with van der Waals surface area (Å²) in [6.07, 6.45) is 4.05. The Hall–Kier alpha value is -4.23. The molecule has 45 heavy (non-hydrogen) atoms. The third-order valence-corrected chi connectivity index (χ3v) is 7.37. The lowest BCUT2D eigenvalue weighted by Gasteiger charge is -2.27. The molecule has 2 amide bonds. The minimum Gasteiger partial charge on any atom is -0.460 e. The number of hydrogen-bond donors (Lipinski definition) is 2. The molecule has 0 aromatic heterocycles. The van der Waals surface area contributed by atoms with Gasteiger partial charge in [0.1, 0.15) is 11.6 Å². The number of rotatable bonds is 14. The third kappa shape index (κ3) is 11.3. The lowest BCUT2D eigenvalue weighted by Crippen LogP contribution is -2.52. The Morgan fingerprint density at radius 2 is 1.51 bits per heavy atom. The molecule has 0 aliphatic heterocycles. The lowest BCUT2D eigenvalue weighted by atomic mass is 9.95. The van der Waals surface area contributed by atoms with Crippen LogP contribution < -0.4 is 10.6 Å². The van der Waals surface area contributed by atoms with Gasteiger partial charge in [0.05, 0.1) is 25.0 Å². The highest BCUT2D eigenvalue weighted by Crippen LogP contribution is 2.25. The van der Waals surface area contributed by atoms with Gasteiger partial charge in [0.25, 0.3) is 0 Å². The molecule has 0 aliphatic carbocycles. The molecule has 0 aliphatic rings. The zero-order chi connectivity index (χ0) is 33.0. The van der Waals surface area contributed by atoms with Gasteiger partial charge < -0.3 is 20.1 Å². The average Bonchev–Trinajstić information content (AvgIpc) is 2.99. The van der Waals surface area contributed by atoms with E-state index in [-0.39, 0.29) is 36.8 Å². The quantitative estimate of drug-likeness (QED) is 0.190. The molecule has 2 N–H and O–H groups in total. The van der Waals surface area contributed by atoms with Gasteiger partial charge in [-0.15, -0.1) is 0 Å². The van der Waals surface area contributed by atoms with E-state index in [0.717, 1.165) is 27.8 Å². The number of aryl methyl sites for hydroxylation is 1. The molecule has 0 saturated heterocycles. The van der Waals surface area contributed by atoms with E-state index >= 15 is 0 Å². The van der Waals surface area contributed by atoms with Crippen LogP contribution in [0.1, 0.15) is 70.2 Å². The summed E-state index contributed by atoms with van der Waals surface area (Å²) >= 11 is 0. The van der Waals surface area contributed by atoms with Crippen LogP contribution in [0.4, 0.5) is 0 Å². The van der Waals surface area contributed by atoms with Gasteiger partial charge in [-0.05, 0) is 67.9 Å². The monoisotopic (exact) mass is 612 g/mol. The van der Waals surface area contributed by atoms with Crippen LogP contribution in [0, 0.1) is 18.8 Å². The van der Waals surface area contributed by atoms with Crippen LogP contribution in [-0.4, -0.2) is 43.1 Å². The van der Waals surface area contributed by atoms with E-state index in [9.17, 15) is 14.4 Å². The van der Waals surface area contributed by atoms with Crippen LogP contribution in [-0.2, 0) is 23.9 Å². The zero-order valence-electron chi connectivity index (χ0n) is 27.6. The van der Waals surface area contributed by atoms with E-state index in [1.807, 2.05) is 80.6 Å². The highest BCUT2D eigenvalue weighted by atomic mass is 16.6. The van der Waals surface area contributed by atoms with Crippen molar-refractivity contribution in [2.75, 3.05) is 13.7 Å². The Bertz CT molecular complexity index is 1430. The van der Waals surface area contributed by atoms with Gasteiger partial charge in [0.2, 0.25) is 11.8 Å². The standard InChI is InChI=1S/C38H48N2O5/c1-26(2)35(37(43)39-33(25-44-7)30-18-12-9-13-19-30)40-36(42)31(24-34(41)45-38(4,5)6)20-14-15-28-21-22-32(27(3)23-28)29-16-10-8-11-17-29/h8-19,21-23,26,31,33,35H,20,24-25H2,1-7H3,(H,39,43)(H,40,42)/b15-14+/t31-,33?,35+/m1/s1. The molecule has 3 rings (SSSR count). The van der Waals surface area contributed by atoms with E-state index in [0.29, 0.717) is 6.42 Å². The second-order valence-corrected chi connectivity index (χ2v) is 12.7. The highest BCUT2D eigenvalue weighted by molar-refractivity contribution is 5.90. The van der Waals surface area contributed by atoms with E-state index in [1.54, 1.807) is 27.9 Å². The van der Waals surface area contributed by atoms with Crippen LogP contribution in [0.2, 0.25) is 0 Å². The fourth-order valence-corrected chi connectivity index (χ4v) is 5.11. The summed E-state index contributed by atoms with van der Waals surface area (Å²) in [7, 11) is 1.58. The molecule has 3 aromatic rings. The molecule has 0 radical (unpaired) electrons. The van der Waals surface area contributed by atoms with E-state index < -0.39 is 23.5 Å². The normalized spacial score (nSPS) is 13.7. The predicted molar refractivity (Wildman–Crippen MR) is 180 cm³/mol. The van der Waals surface area contributed by atoms with Crippen LogP contribution in [0.3, 0.4) is 0 Å². The minimum absolute atomic E-state index is 0.109. The van der Waals surface area contributed by atoms with Crippen molar-refractivity contribution in [3.8, 4) is 11.1 Å². The number of ether oxygens (including phenoxy) is 2. The van der Waals surface area contributed by atoms with E-state index in [2.05, 4.69) is 41.8 Å². The van der Waals surface area contributed by atoms with Crippen LogP contribution in [0.15, 0.2) is 84.9 Å². The molecule has 3 aromatic carbocycles. The number of carbonyl (C=O) groups is 3. The first-order valence-corrected chi connectivity index (χ1v) is 15.6. The summed E-state index contributed by atoms with van der Waals surface area (Å²) in [5.74, 6) is -2.08. The highest BCUT2D eigenvalue weighted by Gasteiger charge is 2.31. The molecule has 240 valence electrons. The summed E-state index contributed by atoms with van der Waals surface area (Å²) in [5.41, 5.74) is 4.67. The molecule has 1 unspecified atom stereocenters. The molecule has 0 bridgehead atoms. The van der Waals surface area contributed by atoms with Crippen molar-refractivity contribution >= 4 is 23.9 Å². The second-order valence-electron chi connectivity index (χ2n) is 12.7.